The average Bonchev–Trinajstić information content (AvgIpc) is 4.02. The summed E-state index contributed by atoms with van der Waals surface area (Å²) in [6.45, 7) is 8.56. The number of benzene rings is 1. The molecule has 0 saturated carbocycles. The van der Waals surface area contributed by atoms with Gasteiger partial charge in [0.05, 0.1) is 76.5 Å². The van der Waals surface area contributed by atoms with Crippen molar-refractivity contribution in [3.8, 4) is 5.75 Å². The van der Waals surface area contributed by atoms with Crippen molar-refractivity contribution in [1.29, 1.82) is 0 Å². The molecule has 8 saturated heterocycles. The molecule has 0 aromatic heterocycles. The molecular formula is C52H74F3N7O17S. The van der Waals surface area contributed by atoms with Crippen LogP contribution in [0.1, 0.15) is 95.0 Å². The van der Waals surface area contributed by atoms with E-state index in [1.54, 1.807) is 27.7 Å². The van der Waals surface area contributed by atoms with Crippen molar-refractivity contribution in [2.75, 3.05) is 78.3 Å². The molecule has 9 heterocycles. The Morgan fingerprint density at radius 2 is 1.34 bits per heavy atom. The van der Waals surface area contributed by atoms with Crippen molar-refractivity contribution in [3.05, 3.63) is 29.3 Å². The van der Waals surface area contributed by atoms with Gasteiger partial charge < -0.3 is 88.2 Å². The molecule has 0 radical (unpaired) electrons. The number of hydrogen-bond acceptors (Lipinski definition) is 20. The Bertz CT molecular complexity index is 2320. The number of fused-ring (bicyclic) bond motifs is 9. The maximum Gasteiger partial charge on any atom is 0.442 e. The smallest absolute Gasteiger partial charge is 0.442 e. The van der Waals surface area contributed by atoms with Crippen LogP contribution in [0.25, 0.3) is 0 Å². The van der Waals surface area contributed by atoms with Crippen molar-refractivity contribution in [3.63, 3.8) is 0 Å². The van der Waals surface area contributed by atoms with Crippen molar-refractivity contribution in [2.45, 2.75) is 187 Å². The quantitative estimate of drug-likeness (QED) is 0.0547. The normalized spacial score (nSPS) is 32.8. The highest BCUT2D eigenvalue weighted by molar-refractivity contribution is 8.00. The highest BCUT2D eigenvalue weighted by atomic mass is 32.2. The summed E-state index contributed by atoms with van der Waals surface area (Å²) in [5.74, 6) is -1.93. The summed E-state index contributed by atoms with van der Waals surface area (Å²) in [5, 5.41) is 21.7. The molecule has 5 N–H and O–H groups in total. The maximum atomic E-state index is 14.4. The van der Waals surface area contributed by atoms with Crippen molar-refractivity contribution in [2.24, 2.45) is 10.2 Å². The van der Waals surface area contributed by atoms with Crippen LogP contribution in [0.4, 0.5) is 18.0 Å². The van der Waals surface area contributed by atoms with Crippen LogP contribution in [0.15, 0.2) is 28.4 Å². The second-order valence-electron chi connectivity index (χ2n) is 22.2. The molecule has 28 heteroatoms. The summed E-state index contributed by atoms with van der Waals surface area (Å²) < 4.78 is 122. The fraction of sp³-hybridized carbons (Fsp3) is 0.808. The zero-order valence-electron chi connectivity index (χ0n) is 45.3. The van der Waals surface area contributed by atoms with Gasteiger partial charge >= 0.3 is 17.9 Å². The minimum absolute atomic E-state index is 0.0139. The summed E-state index contributed by atoms with van der Waals surface area (Å²) in [5.41, 5.74) is -3.22. The molecule has 5 amide bonds. The fourth-order valence-corrected chi connectivity index (χ4v) is 12.9. The Morgan fingerprint density at radius 1 is 0.750 bits per heavy atom. The molecule has 24 nitrogen and oxygen atoms in total. The molecule has 11 unspecified atom stereocenters. The lowest BCUT2D eigenvalue weighted by Crippen LogP contribution is -2.56. The highest BCUT2D eigenvalue weighted by Gasteiger charge is 2.66. The minimum Gasteiger partial charge on any atom is -0.490 e. The molecule has 9 aliphatic rings. The van der Waals surface area contributed by atoms with Crippen LogP contribution in [-0.2, 0) is 72.1 Å². The number of nitrogens with one attached hydrogen (secondary N) is 5. The highest BCUT2D eigenvalue weighted by Crippen LogP contribution is 2.53. The summed E-state index contributed by atoms with van der Waals surface area (Å²) in [4.78, 5) is 50.6. The number of rotatable bonds is 30. The van der Waals surface area contributed by atoms with Gasteiger partial charge in [0, 0.05) is 42.5 Å². The van der Waals surface area contributed by atoms with E-state index in [2.05, 4.69) is 36.8 Å². The first kappa shape index (κ1) is 59.1. The molecule has 10 rings (SSSR count). The predicted octanol–water partition coefficient (Wildman–Crippen LogP) is 3.22. The number of thioether (sulfide) groups is 1. The molecule has 14 atom stereocenters. The first-order valence-electron chi connectivity index (χ1n) is 27.8. The summed E-state index contributed by atoms with van der Waals surface area (Å²) in [6, 6.07) is 2.85. The van der Waals surface area contributed by atoms with E-state index in [1.165, 1.54) is 6.07 Å². The molecule has 4 bridgehead atoms. The number of carbonyl (C=O) groups excluding carboxylic acids is 4. The van der Waals surface area contributed by atoms with Crippen LogP contribution in [0.5, 0.6) is 5.75 Å². The number of amides is 5. The molecule has 8 fully saturated rings. The Hall–Kier alpha value is -4.04. The first-order valence-corrected chi connectivity index (χ1v) is 28.9. The summed E-state index contributed by atoms with van der Waals surface area (Å²) >= 11 is 1.87. The third-order valence-corrected chi connectivity index (χ3v) is 16.8. The van der Waals surface area contributed by atoms with Crippen molar-refractivity contribution < 1.29 is 93.9 Å². The Morgan fingerprint density at radius 3 is 1.96 bits per heavy atom. The number of alkyl halides is 3. The summed E-state index contributed by atoms with van der Waals surface area (Å²) in [7, 11) is 0. The van der Waals surface area contributed by atoms with Crippen LogP contribution in [0.2, 0.25) is 0 Å². The van der Waals surface area contributed by atoms with Gasteiger partial charge in [-0.2, -0.15) is 24.9 Å². The topological polar surface area (TPSA) is 273 Å². The van der Waals surface area contributed by atoms with E-state index in [0.29, 0.717) is 37.6 Å². The molecular weight excluding hydrogens is 1080 g/mol. The van der Waals surface area contributed by atoms with Crippen LogP contribution < -0.4 is 31.3 Å². The number of hydrogen-bond donors (Lipinski definition) is 5. The lowest BCUT2D eigenvalue weighted by molar-refractivity contribution is -0.213. The second kappa shape index (κ2) is 25.4. The zero-order valence-corrected chi connectivity index (χ0v) is 46.2. The Balaban J connectivity index is 0.654. The van der Waals surface area contributed by atoms with E-state index >= 15 is 0 Å². The standard InChI is InChI=1S/C52H74F3N7O17S/c1-49(2)76-41-39(33-25-72-46(74-33)43(41)78-49)70-23-29(24-71-40-34-26-73-47(75-34)44-42(40)77-50(3,4)79-44)58-45(65)30-14-13-28(51(61-62-51)52(53,54)55)22-32(30)69-21-20-68-19-18-67-17-16-57-37(64)11-6-5-9-15-56-36(63)12-8-7-10-35-38-31(27-80-35)59-48(66)60-38/h13-14,22,29,31,33-35,38-44,46-47H,5-12,15-21,23-27H2,1-4H3,(H,56,63)(H,57,64)(H,58,65)(H2,59,60,66)/t29?,31?,33?,34?,35?,38?,39-,40?,41+,42-,43?,44?,46?,47?/m1/s1. The van der Waals surface area contributed by atoms with E-state index in [0.717, 1.165) is 50.0 Å². The van der Waals surface area contributed by atoms with Gasteiger partial charge in [0.25, 0.3) is 5.91 Å². The maximum absolute atomic E-state index is 14.4. The van der Waals surface area contributed by atoms with Crippen LogP contribution in [0, 0.1) is 0 Å². The SMILES string of the molecule is CC1(C)OC2C3OCC(O3)C(OCC(CO[C@@H]3C4COC(O4)C4OC(C)(C)O[C@H]43)NC(=O)c3ccc(C4(C(F)(F)F)N=N4)cc3OCCOCCOCCNC(=O)CCCCCNC(=O)CCCCC3SCC4NC(=O)NC43)[C@H]2O1. The van der Waals surface area contributed by atoms with Gasteiger partial charge in [0.1, 0.15) is 61.2 Å². The predicted molar refractivity (Wildman–Crippen MR) is 272 cm³/mol. The van der Waals surface area contributed by atoms with E-state index < -0.39 is 96.8 Å². The third-order valence-electron chi connectivity index (χ3n) is 15.3. The fourth-order valence-electron chi connectivity index (χ4n) is 11.4. The van der Waals surface area contributed by atoms with Gasteiger partial charge in [-0.05, 0) is 65.5 Å². The van der Waals surface area contributed by atoms with Gasteiger partial charge in [-0.25, -0.2) is 4.79 Å². The van der Waals surface area contributed by atoms with Gasteiger partial charge in [0.15, 0.2) is 24.2 Å². The molecule has 0 spiro atoms. The molecule has 1 aromatic carbocycles. The lowest BCUT2D eigenvalue weighted by atomic mass is 9.99. The van der Waals surface area contributed by atoms with Gasteiger partial charge in [-0.3, -0.25) is 14.4 Å². The minimum atomic E-state index is -4.84. The Kier molecular flexibility index (Phi) is 18.8. The van der Waals surface area contributed by atoms with Crippen LogP contribution in [-0.4, -0.2) is 205 Å². The average molecular weight is 1160 g/mol. The van der Waals surface area contributed by atoms with E-state index in [-0.39, 0.29) is 106 Å². The van der Waals surface area contributed by atoms with Crippen LogP contribution in [0.3, 0.4) is 0 Å². The van der Waals surface area contributed by atoms with E-state index in [4.69, 9.17) is 61.6 Å². The number of carbonyl (C=O) groups is 4. The molecule has 446 valence electrons. The van der Waals surface area contributed by atoms with Gasteiger partial charge in [0.2, 0.25) is 11.8 Å². The second-order valence-corrected chi connectivity index (χ2v) is 23.5. The number of halogens is 3. The Labute approximate surface area is 465 Å². The molecule has 80 heavy (non-hydrogen) atoms. The number of ether oxygens (including phenoxy) is 13. The van der Waals surface area contributed by atoms with Gasteiger partial charge in [-0.1, -0.05) is 18.9 Å². The molecule has 0 aliphatic carbocycles. The third kappa shape index (κ3) is 14.1. The van der Waals surface area contributed by atoms with E-state index in [9.17, 15) is 32.3 Å². The number of urea groups is 1. The first-order chi connectivity index (χ1) is 38.3. The molecule has 9 aliphatic heterocycles. The lowest BCUT2D eigenvalue weighted by Gasteiger charge is -2.37. The number of nitrogens with zero attached hydrogens (tertiary/aromatic N) is 2. The van der Waals surface area contributed by atoms with Crippen molar-refractivity contribution >= 4 is 35.5 Å². The van der Waals surface area contributed by atoms with Gasteiger partial charge in [-0.15, -0.1) is 10.2 Å². The van der Waals surface area contributed by atoms with Crippen molar-refractivity contribution in [1.82, 2.24) is 26.6 Å². The zero-order chi connectivity index (χ0) is 56.2. The molecule has 1 aromatic rings. The summed E-state index contributed by atoms with van der Waals surface area (Å²) in [6.07, 6.45) is -4.98. The monoisotopic (exact) mass is 1160 g/mol. The number of unbranched alkanes of at least 4 members (excludes halogenated alkanes) is 3. The van der Waals surface area contributed by atoms with E-state index in [1.807, 2.05) is 11.8 Å². The largest absolute Gasteiger partial charge is 0.490 e. The van der Waals surface area contributed by atoms with Crippen LogP contribution >= 0.6 is 11.8 Å².